The van der Waals surface area contributed by atoms with Crippen LogP contribution in [0.1, 0.15) is 15.9 Å². The van der Waals surface area contributed by atoms with Crippen LogP contribution in [0.25, 0.3) is 33.8 Å². The van der Waals surface area contributed by atoms with Gasteiger partial charge in [-0.25, -0.2) is 4.98 Å². The summed E-state index contributed by atoms with van der Waals surface area (Å²) in [4.78, 5) is 19.0. The number of aliphatic hydroxyl groups is 1. The third-order valence-corrected chi connectivity index (χ3v) is 4.75. The summed E-state index contributed by atoms with van der Waals surface area (Å²) >= 11 is 0. The van der Waals surface area contributed by atoms with Crippen LogP contribution in [0.4, 0.5) is 0 Å². The number of carbonyl (C=O) groups excluding carboxylic acids is 1. The number of nitrogens with two attached hydrogens (primary N) is 1. The maximum Gasteiger partial charge on any atom is 0.248 e. The topological polar surface area (TPSA) is 139 Å². The maximum absolute atomic E-state index is 11.4. The molecule has 2 aromatic heterocycles. The summed E-state index contributed by atoms with van der Waals surface area (Å²) in [6, 6.07) is 12.4. The number of aromatic nitrogens is 4. The number of hydrogen-bond donors (Lipinski definition) is 4. The fraction of sp³-hybridized carbons (Fsp3) is 0.190. The van der Waals surface area contributed by atoms with E-state index in [2.05, 4.69) is 15.1 Å². The molecule has 0 radical (unpaired) electrons. The molecule has 4 aromatic rings. The Kier molecular flexibility index (Phi) is 5.21. The van der Waals surface area contributed by atoms with Gasteiger partial charge in [-0.2, -0.15) is 5.10 Å². The van der Waals surface area contributed by atoms with Gasteiger partial charge >= 0.3 is 0 Å². The van der Waals surface area contributed by atoms with E-state index < -0.39 is 5.91 Å². The maximum atomic E-state index is 11.4. The Morgan fingerprint density at radius 2 is 2.00 bits per heavy atom. The number of rotatable bonds is 7. The molecule has 0 bridgehead atoms. The number of aliphatic hydroxyl groups excluding tert-OH is 1. The van der Waals surface area contributed by atoms with E-state index in [1.165, 1.54) is 0 Å². The normalized spacial score (nSPS) is 11.3. The number of amides is 1. The molecule has 0 aliphatic rings. The molecule has 0 saturated carbocycles. The first-order valence-electron chi connectivity index (χ1n) is 9.31. The van der Waals surface area contributed by atoms with Crippen LogP contribution in [0, 0.1) is 0 Å². The number of imidazole rings is 1. The average molecular weight is 407 g/mol. The summed E-state index contributed by atoms with van der Waals surface area (Å²) in [7, 11) is 1.72. The smallest absolute Gasteiger partial charge is 0.248 e. The molecule has 0 aliphatic heterocycles. The molecular formula is C21H21N5O4. The highest BCUT2D eigenvalue weighted by Gasteiger charge is 2.21. The van der Waals surface area contributed by atoms with Crippen molar-refractivity contribution in [2.75, 3.05) is 13.2 Å². The second kappa shape index (κ2) is 7.97. The second-order valence-corrected chi connectivity index (χ2v) is 6.82. The van der Waals surface area contributed by atoms with Gasteiger partial charge in [-0.15, -0.1) is 0 Å². The van der Waals surface area contributed by atoms with Crippen LogP contribution in [-0.2, 0) is 18.4 Å². The number of nitrogens with one attached hydrogen (secondary N) is 1. The molecule has 0 atom stereocenters. The fourth-order valence-electron chi connectivity index (χ4n) is 3.26. The number of aromatic hydroxyl groups is 1. The van der Waals surface area contributed by atoms with Gasteiger partial charge in [0, 0.05) is 18.2 Å². The molecule has 0 fully saturated rings. The summed E-state index contributed by atoms with van der Waals surface area (Å²) in [6.07, 6.45) is 0. The number of primary amides is 1. The lowest BCUT2D eigenvalue weighted by Crippen LogP contribution is -2.10. The van der Waals surface area contributed by atoms with Crippen molar-refractivity contribution in [3.63, 3.8) is 0 Å². The van der Waals surface area contributed by atoms with Crippen molar-refractivity contribution < 1.29 is 19.7 Å². The van der Waals surface area contributed by atoms with Crippen molar-refractivity contribution >= 4 is 16.9 Å². The Morgan fingerprint density at radius 3 is 2.70 bits per heavy atom. The van der Waals surface area contributed by atoms with Gasteiger partial charge in [0.05, 0.1) is 30.9 Å². The molecule has 0 saturated heterocycles. The number of fused-ring (bicyclic) bond motifs is 1. The van der Waals surface area contributed by atoms with E-state index in [0.29, 0.717) is 40.4 Å². The highest BCUT2D eigenvalue weighted by Crippen LogP contribution is 2.37. The second-order valence-electron chi connectivity index (χ2n) is 6.82. The predicted octanol–water partition coefficient (Wildman–Crippen LogP) is 1.94. The lowest BCUT2D eigenvalue weighted by molar-refractivity contribution is 0.0815. The minimum absolute atomic E-state index is 0.00374. The van der Waals surface area contributed by atoms with Crippen LogP contribution >= 0.6 is 0 Å². The summed E-state index contributed by atoms with van der Waals surface area (Å²) in [5.41, 5.74) is 9.52. The number of carbonyl (C=O) groups is 1. The van der Waals surface area contributed by atoms with Gasteiger partial charge in [0.1, 0.15) is 11.4 Å². The molecule has 0 spiro atoms. The van der Waals surface area contributed by atoms with Crippen LogP contribution in [0.3, 0.4) is 0 Å². The number of H-pyrrole nitrogens is 1. The standard InChI is InChI=1S/C21H21N5O4/c1-26-18(21-23-15-7-6-14(20(22)29)10-16(15)24-21)19(28)17(25-26)13-4-2-12(3-5-13)11-30-9-8-27/h2-7,10,27-28H,8-9,11H2,1H3,(H2,22,29)(H,23,24). The van der Waals surface area contributed by atoms with Crippen LogP contribution in [0.5, 0.6) is 5.75 Å². The SMILES string of the molecule is Cn1nc(-c2ccc(COCCO)cc2)c(O)c1-c1nc2cc(C(N)=O)ccc2[nH]1. The molecule has 5 N–H and O–H groups in total. The summed E-state index contributed by atoms with van der Waals surface area (Å²) in [5.74, 6) is -0.104. The quantitative estimate of drug-likeness (QED) is 0.345. The van der Waals surface area contributed by atoms with Gasteiger partial charge < -0.3 is 25.7 Å². The summed E-state index contributed by atoms with van der Waals surface area (Å²) < 4.78 is 6.86. The molecule has 2 aromatic carbocycles. The summed E-state index contributed by atoms with van der Waals surface area (Å²) in [6.45, 7) is 0.658. The van der Waals surface area contributed by atoms with Gasteiger partial charge in [0.2, 0.25) is 5.91 Å². The van der Waals surface area contributed by atoms with E-state index in [4.69, 9.17) is 15.6 Å². The molecule has 2 heterocycles. The predicted molar refractivity (Wildman–Crippen MR) is 111 cm³/mol. The number of aryl methyl sites for hydroxylation is 1. The lowest BCUT2D eigenvalue weighted by Gasteiger charge is -2.04. The van der Waals surface area contributed by atoms with Crippen molar-refractivity contribution in [1.29, 1.82) is 0 Å². The van der Waals surface area contributed by atoms with Crippen molar-refractivity contribution in [2.24, 2.45) is 12.8 Å². The van der Waals surface area contributed by atoms with Gasteiger partial charge in [0.15, 0.2) is 11.6 Å². The van der Waals surface area contributed by atoms with Gasteiger partial charge in [-0.1, -0.05) is 24.3 Å². The first kappa shape index (κ1) is 19.6. The van der Waals surface area contributed by atoms with Crippen molar-refractivity contribution in [2.45, 2.75) is 6.61 Å². The lowest BCUT2D eigenvalue weighted by atomic mass is 10.1. The van der Waals surface area contributed by atoms with Crippen molar-refractivity contribution in [1.82, 2.24) is 19.7 Å². The zero-order valence-corrected chi connectivity index (χ0v) is 16.3. The number of nitrogens with zero attached hydrogens (tertiary/aromatic N) is 3. The highest BCUT2D eigenvalue weighted by atomic mass is 16.5. The monoisotopic (exact) mass is 407 g/mol. The van der Waals surface area contributed by atoms with Gasteiger partial charge in [0.25, 0.3) is 0 Å². The molecule has 0 aliphatic carbocycles. The van der Waals surface area contributed by atoms with E-state index in [0.717, 1.165) is 11.1 Å². The molecule has 154 valence electrons. The Labute approximate surface area is 171 Å². The Balaban J connectivity index is 1.67. The number of aromatic amines is 1. The van der Waals surface area contributed by atoms with E-state index in [9.17, 15) is 9.90 Å². The van der Waals surface area contributed by atoms with Crippen molar-refractivity contribution in [3.8, 4) is 28.5 Å². The van der Waals surface area contributed by atoms with Gasteiger partial charge in [-0.05, 0) is 23.8 Å². The molecule has 30 heavy (non-hydrogen) atoms. The number of benzene rings is 2. The van der Waals surface area contributed by atoms with Crippen LogP contribution < -0.4 is 5.73 Å². The highest BCUT2D eigenvalue weighted by molar-refractivity contribution is 5.96. The largest absolute Gasteiger partial charge is 0.504 e. The molecule has 9 nitrogen and oxygen atoms in total. The van der Waals surface area contributed by atoms with Gasteiger partial charge in [-0.3, -0.25) is 9.48 Å². The van der Waals surface area contributed by atoms with Crippen molar-refractivity contribution in [3.05, 3.63) is 53.6 Å². The first-order valence-corrected chi connectivity index (χ1v) is 9.31. The van der Waals surface area contributed by atoms with E-state index >= 15 is 0 Å². The number of hydrogen-bond acceptors (Lipinski definition) is 6. The first-order chi connectivity index (χ1) is 14.5. The average Bonchev–Trinajstić information content (AvgIpc) is 3.27. The van der Waals surface area contributed by atoms with Crippen LogP contribution in [0.15, 0.2) is 42.5 Å². The summed E-state index contributed by atoms with van der Waals surface area (Å²) in [5, 5.41) is 24.1. The Hall–Kier alpha value is -3.69. The van der Waals surface area contributed by atoms with Crippen LogP contribution in [-0.4, -0.2) is 49.1 Å². The number of ether oxygens (including phenoxy) is 1. The molecular weight excluding hydrogens is 386 g/mol. The fourth-order valence-corrected chi connectivity index (χ4v) is 3.26. The van der Waals surface area contributed by atoms with E-state index in [1.807, 2.05) is 24.3 Å². The minimum Gasteiger partial charge on any atom is -0.504 e. The van der Waals surface area contributed by atoms with E-state index in [1.54, 1.807) is 29.9 Å². The third kappa shape index (κ3) is 3.63. The Morgan fingerprint density at radius 1 is 1.23 bits per heavy atom. The minimum atomic E-state index is -0.530. The van der Waals surface area contributed by atoms with Crippen LogP contribution in [0.2, 0.25) is 0 Å². The molecule has 1 amide bonds. The van der Waals surface area contributed by atoms with E-state index in [-0.39, 0.29) is 19.0 Å². The molecule has 0 unspecified atom stereocenters. The zero-order chi connectivity index (χ0) is 21.3. The molecule has 4 rings (SSSR count). The third-order valence-electron chi connectivity index (χ3n) is 4.75. The zero-order valence-electron chi connectivity index (χ0n) is 16.3. The Bertz CT molecular complexity index is 1210. The molecule has 9 heteroatoms.